The number of anilines is 1. The van der Waals surface area contributed by atoms with Crippen LogP contribution in [-0.2, 0) is 18.9 Å². The lowest BCUT2D eigenvalue weighted by atomic mass is 9.91. The average Bonchev–Trinajstić information content (AvgIpc) is 3.00. The first-order valence-corrected chi connectivity index (χ1v) is 7.96. The summed E-state index contributed by atoms with van der Waals surface area (Å²) in [4.78, 5) is 12.6. The van der Waals surface area contributed by atoms with Gasteiger partial charge >= 0.3 is 0 Å². The minimum atomic E-state index is -0.610. The van der Waals surface area contributed by atoms with Gasteiger partial charge in [0.15, 0.2) is 23.3 Å². The van der Waals surface area contributed by atoms with Crippen molar-refractivity contribution in [3.63, 3.8) is 0 Å². The van der Waals surface area contributed by atoms with Crippen molar-refractivity contribution in [1.29, 1.82) is 0 Å². The molecule has 1 spiro atoms. The molecule has 1 saturated carbocycles. The van der Waals surface area contributed by atoms with Crippen molar-refractivity contribution < 1.29 is 18.9 Å². The fourth-order valence-electron chi connectivity index (χ4n) is 4.32. The molecule has 9 heteroatoms. The molecule has 4 atom stereocenters. The number of hydrogen-bond acceptors (Lipinski definition) is 8. The predicted molar refractivity (Wildman–Crippen MR) is 82.1 cm³/mol. The molecule has 2 aliphatic heterocycles. The van der Waals surface area contributed by atoms with E-state index in [-0.39, 0.29) is 17.8 Å². The van der Waals surface area contributed by atoms with Gasteiger partial charge in [0.2, 0.25) is 0 Å². The van der Waals surface area contributed by atoms with Crippen LogP contribution in [0.2, 0.25) is 0 Å². The third kappa shape index (κ3) is 1.55. The topological polar surface area (TPSA) is 107 Å². The van der Waals surface area contributed by atoms with Crippen LogP contribution >= 0.6 is 0 Å². The Morgan fingerprint density at radius 3 is 2.83 bits per heavy atom. The largest absolute Gasteiger partial charge is 0.382 e. The Morgan fingerprint density at radius 1 is 1.29 bits per heavy atom. The van der Waals surface area contributed by atoms with Gasteiger partial charge < -0.3 is 24.7 Å². The summed E-state index contributed by atoms with van der Waals surface area (Å²) < 4.78 is 26.0. The summed E-state index contributed by atoms with van der Waals surface area (Å²) in [7, 11) is 3.35. The molecule has 1 aliphatic carbocycles. The summed E-state index contributed by atoms with van der Waals surface area (Å²) in [5, 5.41) is 0. The van der Waals surface area contributed by atoms with Crippen molar-refractivity contribution in [2.75, 3.05) is 26.6 Å². The lowest BCUT2D eigenvalue weighted by Gasteiger charge is -2.38. The van der Waals surface area contributed by atoms with E-state index >= 15 is 0 Å². The fourth-order valence-corrected chi connectivity index (χ4v) is 4.32. The van der Waals surface area contributed by atoms with Crippen LogP contribution in [0.25, 0.3) is 11.2 Å². The number of ether oxygens (including phenoxy) is 4. The minimum absolute atomic E-state index is 0.207. The standard InChI is InChI=1S/C15H19N5O4/c1-21-5-15-10(22-2)9(23-14(15)3-4-14)13(24-15)20-7-19-8-11(16)17-6-18-12(8)20/h6-7,9-10,13H,3-5H2,1-2H3,(H2,16,17,18)/t9?,10?,13-,15-/m1/s1. The van der Waals surface area contributed by atoms with Crippen molar-refractivity contribution >= 4 is 17.0 Å². The van der Waals surface area contributed by atoms with E-state index in [4.69, 9.17) is 24.7 Å². The molecule has 5 rings (SSSR count). The molecular weight excluding hydrogens is 314 g/mol. The smallest absolute Gasteiger partial charge is 0.167 e. The van der Waals surface area contributed by atoms with Crippen LogP contribution in [0.15, 0.2) is 12.7 Å². The second kappa shape index (κ2) is 4.63. The zero-order valence-corrected chi connectivity index (χ0v) is 13.5. The molecule has 24 heavy (non-hydrogen) atoms. The maximum absolute atomic E-state index is 6.51. The van der Waals surface area contributed by atoms with Crippen LogP contribution in [0.4, 0.5) is 5.82 Å². The van der Waals surface area contributed by atoms with E-state index in [0.29, 0.717) is 23.6 Å². The molecule has 3 fully saturated rings. The molecule has 2 aromatic heterocycles. The Kier molecular flexibility index (Phi) is 2.80. The molecule has 2 bridgehead atoms. The SMILES string of the molecule is COC[C@]12O[C@@H](n3cnc4c(N)ncnc43)C(OC13CC3)C2OC. The molecule has 0 aromatic carbocycles. The number of hydrogen-bond donors (Lipinski definition) is 1. The van der Waals surface area contributed by atoms with Gasteiger partial charge in [0.1, 0.15) is 29.7 Å². The monoisotopic (exact) mass is 333 g/mol. The maximum Gasteiger partial charge on any atom is 0.167 e. The highest BCUT2D eigenvalue weighted by Crippen LogP contribution is 2.65. The van der Waals surface area contributed by atoms with Crippen LogP contribution in [0, 0.1) is 0 Å². The molecule has 9 nitrogen and oxygen atoms in total. The van der Waals surface area contributed by atoms with E-state index in [1.165, 1.54) is 6.33 Å². The first-order valence-electron chi connectivity index (χ1n) is 7.96. The molecular formula is C15H19N5O4. The van der Waals surface area contributed by atoms with E-state index in [1.807, 2.05) is 4.57 Å². The number of rotatable bonds is 4. The lowest BCUT2D eigenvalue weighted by molar-refractivity contribution is -0.236. The van der Waals surface area contributed by atoms with Gasteiger partial charge in [0.25, 0.3) is 0 Å². The van der Waals surface area contributed by atoms with E-state index in [9.17, 15) is 0 Å². The predicted octanol–water partition coefficient (Wildman–Crippen LogP) is 0.269. The van der Waals surface area contributed by atoms with Crippen molar-refractivity contribution in [2.45, 2.75) is 42.5 Å². The van der Waals surface area contributed by atoms with Crippen LogP contribution in [0.1, 0.15) is 19.1 Å². The third-order valence-electron chi connectivity index (χ3n) is 5.48. The normalized spacial score (nSPS) is 36.0. The molecule has 2 saturated heterocycles. The maximum atomic E-state index is 6.51. The van der Waals surface area contributed by atoms with Gasteiger partial charge in [-0.15, -0.1) is 0 Å². The Bertz CT molecular complexity index is 806. The highest BCUT2D eigenvalue weighted by atomic mass is 16.7. The summed E-state index contributed by atoms with van der Waals surface area (Å²) in [6.07, 6.45) is 4.15. The summed E-state index contributed by atoms with van der Waals surface area (Å²) in [5.74, 6) is 0.344. The quantitative estimate of drug-likeness (QED) is 0.850. The Morgan fingerprint density at radius 2 is 2.12 bits per heavy atom. The molecule has 0 amide bonds. The first-order chi connectivity index (χ1) is 11.7. The van der Waals surface area contributed by atoms with E-state index < -0.39 is 11.8 Å². The van der Waals surface area contributed by atoms with Crippen molar-refractivity contribution in [1.82, 2.24) is 19.5 Å². The highest BCUT2D eigenvalue weighted by molar-refractivity contribution is 5.81. The lowest BCUT2D eigenvalue weighted by Crippen LogP contribution is -2.53. The van der Waals surface area contributed by atoms with E-state index in [2.05, 4.69) is 15.0 Å². The van der Waals surface area contributed by atoms with Crippen LogP contribution < -0.4 is 5.73 Å². The van der Waals surface area contributed by atoms with Gasteiger partial charge in [-0.25, -0.2) is 15.0 Å². The number of aromatic nitrogens is 4. The van der Waals surface area contributed by atoms with Gasteiger partial charge in [-0.1, -0.05) is 0 Å². The van der Waals surface area contributed by atoms with Gasteiger partial charge in [0, 0.05) is 14.2 Å². The number of nitrogens with two attached hydrogens (primary N) is 1. The first kappa shape index (κ1) is 14.5. The van der Waals surface area contributed by atoms with Gasteiger partial charge in [-0.2, -0.15) is 0 Å². The molecule has 3 aliphatic rings. The Labute approximate surface area is 138 Å². The van der Waals surface area contributed by atoms with Crippen molar-refractivity contribution in [2.24, 2.45) is 0 Å². The minimum Gasteiger partial charge on any atom is -0.382 e. The Balaban J connectivity index is 1.60. The highest BCUT2D eigenvalue weighted by Gasteiger charge is 2.79. The second-order valence-electron chi connectivity index (χ2n) is 6.65. The summed E-state index contributed by atoms with van der Waals surface area (Å²) in [6.45, 7) is 0.419. The zero-order valence-electron chi connectivity index (χ0n) is 13.5. The third-order valence-corrected chi connectivity index (χ3v) is 5.48. The molecule has 4 heterocycles. The summed E-state index contributed by atoms with van der Waals surface area (Å²) in [5.41, 5.74) is 6.15. The number of nitrogen functional groups attached to an aromatic ring is 1. The Hall–Kier alpha value is -1.81. The van der Waals surface area contributed by atoms with Gasteiger partial charge in [-0.05, 0) is 12.8 Å². The summed E-state index contributed by atoms with van der Waals surface area (Å²) >= 11 is 0. The number of methoxy groups -OCH3 is 2. The van der Waals surface area contributed by atoms with Crippen LogP contribution in [-0.4, -0.2) is 63.8 Å². The zero-order chi connectivity index (χ0) is 16.5. The molecule has 0 radical (unpaired) electrons. The second-order valence-corrected chi connectivity index (χ2v) is 6.65. The average molecular weight is 333 g/mol. The van der Waals surface area contributed by atoms with Crippen molar-refractivity contribution in [3.05, 3.63) is 12.7 Å². The van der Waals surface area contributed by atoms with Gasteiger partial charge in [-0.3, -0.25) is 4.57 Å². The van der Waals surface area contributed by atoms with Gasteiger partial charge in [0.05, 0.1) is 12.9 Å². The van der Waals surface area contributed by atoms with Crippen LogP contribution in [0.5, 0.6) is 0 Å². The molecule has 2 unspecified atom stereocenters. The van der Waals surface area contributed by atoms with E-state index in [1.54, 1.807) is 20.5 Å². The molecule has 2 aromatic rings. The summed E-state index contributed by atoms with van der Waals surface area (Å²) in [6, 6.07) is 0. The number of fused-ring (bicyclic) bond motifs is 4. The number of nitrogens with zero attached hydrogens (tertiary/aromatic N) is 4. The fraction of sp³-hybridized carbons (Fsp3) is 0.667. The molecule has 128 valence electrons. The number of imidazole rings is 1. The van der Waals surface area contributed by atoms with E-state index in [0.717, 1.165) is 12.8 Å². The van der Waals surface area contributed by atoms with Crippen LogP contribution in [0.3, 0.4) is 0 Å². The molecule has 2 N–H and O–H groups in total. The van der Waals surface area contributed by atoms with Crippen molar-refractivity contribution in [3.8, 4) is 0 Å².